The Labute approximate surface area is 106 Å². The zero-order valence-electron chi connectivity index (χ0n) is 9.00. The summed E-state index contributed by atoms with van der Waals surface area (Å²) in [5, 5.41) is 4.04. The summed E-state index contributed by atoms with van der Waals surface area (Å²) >= 11 is 3.27. The summed E-state index contributed by atoms with van der Waals surface area (Å²) < 4.78 is 14.3. The van der Waals surface area contributed by atoms with E-state index in [4.69, 9.17) is 11.5 Å². The molecule has 0 aliphatic carbocycles. The normalized spacial score (nSPS) is 10.8. The third kappa shape index (κ3) is 2.18. The van der Waals surface area contributed by atoms with Crippen molar-refractivity contribution in [3.05, 3.63) is 28.6 Å². The molecule has 2 rings (SSSR count). The Kier molecular flexibility index (Phi) is 3.44. The average molecular weight is 299 g/mol. The Hall–Kier alpha value is -1.40. The van der Waals surface area contributed by atoms with Crippen LogP contribution in [0, 0.1) is 5.82 Å². The molecule has 0 aliphatic heterocycles. The summed E-state index contributed by atoms with van der Waals surface area (Å²) in [6.07, 6.45) is 1.55. The van der Waals surface area contributed by atoms with Gasteiger partial charge in [0.15, 0.2) is 0 Å². The predicted molar refractivity (Wildman–Crippen MR) is 71.4 cm³/mol. The number of aromatic nitrogens is 1. The van der Waals surface area contributed by atoms with Gasteiger partial charge in [-0.05, 0) is 28.1 Å². The van der Waals surface area contributed by atoms with E-state index in [0.29, 0.717) is 39.8 Å². The number of halogens is 2. The van der Waals surface area contributed by atoms with E-state index in [2.05, 4.69) is 26.2 Å². The minimum Gasteiger partial charge on any atom is -0.398 e. The number of fused-ring (bicyclic) bond motifs is 1. The molecule has 0 atom stereocenters. The molecular formula is C11H12BrFN4. The molecule has 0 radical (unpaired) electrons. The van der Waals surface area contributed by atoms with Gasteiger partial charge in [-0.15, -0.1) is 0 Å². The number of pyridine rings is 1. The van der Waals surface area contributed by atoms with Gasteiger partial charge < -0.3 is 16.8 Å². The summed E-state index contributed by atoms with van der Waals surface area (Å²) in [4.78, 5) is 4.19. The number of hydrogen-bond donors (Lipinski definition) is 3. The molecule has 1 aromatic carbocycles. The lowest BCUT2D eigenvalue weighted by molar-refractivity contribution is 0.639. The van der Waals surface area contributed by atoms with E-state index in [-0.39, 0.29) is 5.82 Å². The molecule has 0 amide bonds. The second-order valence-electron chi connectivity index (χ2n) is 3.56. The first-order valence-corrected chi connectivity index (χ1v) is 5.90. The van der Waals surface area contributed by atoms with Gasteiger partial charge in [0, 0.05) is 34.8 Å². The molecular weight excluding hydrogens is 287 g/mol. The highest BCUT2D eigenvalue weighted by atomic mass is 79.9. The highest BCUT2D eigenvalue weighted by Gasteiger charge is 2.12. The van der Waals surface area contributed by atoms with Crippen LogP contribution < -0.4 is 16.8 Å². The Balaban J connectivity index is 2.70. The zero-order chi connectivity index (χ0) is 12.4. The number of nitrogens with zero attached hydrogens (tertiary/aromatic N) is 1. The molecule has 4 nitrogen and oxygen atoms in total. The van der Waals surface area contributed by atoms with E-state index in [1.54, 1.807) is 6.20 Å². The fraction of sp³-hybridized carbons (Fsp3) is 0.182. The van der Waals surface area contributed by atoms with Crippen LogP contribution >= 0.6 is 15.9 Å². The largest absolute Gasteiger partial charge is 0.398 e. The van der Waals surface area contributed by atoms with Crippen molar-refractivity contribution in [3.8, 4) is 0 Å². The Bertz CT molecular complexity index is 550. The lowest BCUT2D eigenvalue weighted by Crippen LogP contribution is -2.14. The van der Waals surface area contributed by atoms with Crippen molar-refractivity contribution < 1.29 is 4.39 Å². The smallest absolute Gasteiger partial charge is 0.136 e. The molecule has 0 spiro atoms. The van der Waals surface area contributed by atoms with Crippen LogP contribution in [0.15, 0.2) is 22.8 Å². The van der Waals surface area contributed by atoms with Crippen molar-refractivity contribution in [2.75, 3.05) is 24.1 Å². The van der Waals surface area contributed by atoms with Crippen LogP contribution in [-0.2, 0) is 0 Å². The van der Waals surface area contributed by atoms with E-state index in [1.165, 1.54) is 12.1 Å². The van der Waals surface area contributed by atoms with E-state index in [0.717, 1.165) is 0 Å². The maximum absolute atomic E-state index is 13.8. The minimum absolute atomic E-state index is 0.334. The average Bonchev–Trinajstić information content (AvgIpc) is 2.32. The summed E-state index contributed by atoms with van der Waals surface area (Å²) in [6.45, 7) is 1.02. The quantitative estimate of drug-likeness (QED) is 0.758. The Morgan fingerprint density at radius 1 is 1.35 bits per heavy atom. The topological polar surface area (TPSA) is 77.0 Å². The number of anilines is 2. The number of nitrogens with one attached hydrogen (secondary N) is 1. The van der Waals surface area contributed by atoms with Crippen LogP contribution in [0.2, 0.25) is 0 Å². The Morgan fingerprint density at radius 2 is 2.12 bits per heavy atom. The van der Waals surface area contributed by atoms with Gasteiger partial charge in [0.2, 0.25) is 0 Å². The van der Waals surface area contributed by atoms with Gasteiger partial charge in [0.1, 0.15) is 11.6 Å². The van der Waals surface area contributed by atoms with Crippen molar-refractivity contribution in [3.63, 3.8) is 0 Å². The predicted octanol–water partition coefficient (Wildman–Crippen LogP) is 2.09. The molecule has 0 unspecified atom stereocenters. The van der Waals surface area contributed by atoms with Crippen LogP contribution in [0.3, 0.4) is 0 Å². The molecule has 6 heteroatoms. The van der Waals surface area contributed by atoms with Gasteiger partial charge in [-0.3, -0.25) is 0 Å². The van der Waals surface area contributed by atoms with Gasteiger partial charge >= 0.3 is 0 Å². The third-order valence-corrected chi connectivity index (χ3v) is 3.01. The van der Waals surface area contributed by atoms with Crippen molar-refractivity contribution >= 4 is 38.2 Å². The monoisotopic (exact) mass is 298 g/mol. The van der Waals surface area contributed by atoms with Gasteiger partial charge in [-0.1, -0.05) is 0 Å². The third-order valence-electron chi connectivity index (χ3n) is 2.41. The van der Waals surface area contributed by atoms with E-state index < -0.39 is 0 Å². The van der Waals surface area contributed by atoms with Crippen molar-refractivity contribution in [1.82, 2.24) is 4.98 Å². The first-order chi connectivity index (χ1) is 8.15. The summed E-state index contributed by atoms with van der Waals surface area (Å²) in [5.41, 5.74) is 11.8. The van der Waals surface area contributed by atoms with E-state index in [1.807, 2.05) is 0 Å². The SMILES string of the molecule is NCCNc1ncc(Br)c2c(F)ccc(N)c12. The fourth-order valence-corrected chi connectivity index (χ4v) is 2.15. The highest BCUT2D eigenvalue weighted by Crippen LogP contribution is 2.34. The molecule has 0 bridgehead atoms. The molecule has 0 saturated carbocycles. The number of nitrogen functional groups attached to an aromatic ring is 1. The maximum atomic E-state index is 13.8. The van der Waals surface area contributed by atoms with Crippen LogP contribution in [0.25, 0.3) is 10.8 Å². The van der Waals surface area contributed by atoms with Gasteiger partial charge in [0.25, 0.3) is 0 Å². The van der Waals surface area contributed by atoms with Crippen molar-refractivity contribution in [2.24, 2.45) is 5.73 Å². The lowest BCUT2D eigenvalue weighted by Gasteiger charge is -2.11. The number of nitrogens with two attached hydrogens (primary N) is 2. The van der Waals surface area contributed by atoms with Crippen molar-refractivity contribution in [1.29, 1.82) is 0 Å². The van der Waals surface area contributed by atoms with E-state index >= 15 is 0 Å². The Morgan fingerprint density at radius 3 is 2.82 bits per heavy atom. The van der Waals surface area contributed by atoms with Gasteiger partial charge in [-0.2, -0.15) is 0 Å². The van der Waals surface area contributed by atoms with Crippen LogP contribution in [-0.4, -0.2) is 18.1 Å². The maximum Gasteiger partial charge on any atom is 0.136 e. The molecule has 1 heterocycles. The standard InChI is InChI=1S/C11H12BrFN4/c12-6-5-17-11(16-4-3-14)10-8(15)2-1-7(13)9(6)10/h1-2,5H,3-4,14-15H2,(H,16,17). The number of hydrogen-bond acceptors (Lipinski definition) is 4. The van der Waals surface area contributed by atoms with Crippen LogP contribution in [0.1, 0.15) is 0 Å². The van der Waals surface area contributed by atoms with Crippen molar-refractivity contribution in [2.45, 2.75) is 0 Å². The highest BCUT2D eigenvalue weighted by molar-refractivity contribution is 9.10. The summed E-state index contributed by atoms with van der Waals surface area (Å²) in [6, 6.07) is 2.87. The van der Waals surface area contributed by atoms with Gasteiger partial charge in [-0.25, -0.2) is 9.37 Å². The van der Waals surface area contributed by atoms with Crippen LogP contribution in [0.5, 0.6) is 0 Å². The molecule has 5 N–H and O–H groups in total. The lowest BCUT2D eigenvalue weighted by atomic mass is 10.1. The second kappa shape index (κ2) is 4.85. The molecule has 2 aromatic rings. The van der Waals surface area contributed by atoms with E-state index in [9.17, 15) is 4.39 Å². The fourth-order valence-electron chi connectivity index (χ4n) is 1.66. The molecule has 90 valence electrons. The molecule has 0 saturated heterocycles. The van der Waals surface area contributed by atoms with Crippen LogP contribution in [0.4, 0.5) is 15.9 Å². The molecule has 0 aliphatic rings. The minimum atomic E-state index is -0.334. The molecule has 0 fully saturated rings. The number of rotatable bonds is 3. The first-order valence-electron chi connectivity index (χ1n) is 5.11. The summed E-state index contributed by atoms with van der Waals surface area (Å²) in [7, 11) is 0. The summed E-state index contributed by atoms with van der Waals surface area (Å²) in [5.74, 6) is 0.213. The second-order valence-corrected chi connectivity index (χ2v) is 4.41. The molecule has 1 aromatic heterocycles. The molecule has 17 heavy (non-hydrogen) atoms. The van der Waals surface area contributed by atoms with Gasteiger partial charge in [0.05, 0.1) is 5.39 Å². The number of benzene rings is 1. The zero-order valence-corrected chi connectivity index (χ0v) is 10.6. The first kappa shape index (κ1) is 12.1.